The third kappa shape index (κ3) is 3.62. The summed E-state index contributed by atoms with van der Waals surface area (Å²) in [6, 6.07) is 18.9. The molecule has 6 heteroatoms. The largest absolute Gasteiger partial charge is 0.486 e. The number of hydrogen-bond donors (Lipinski definition) is 0. The van der Waals surface area contributed by atoms with Crippen molar-refractivity contribution in [3.05, 3.63) is 66.0 Å². The molecule has 0 saturated carbocycles. The van der Waals surface area contributed by atoms with Crippen molar-refractivity contribution in [2.45, 2.75) is 12.8 Å². The minimum absolute atomic E-state index is 0.199. The first kappa shape index (κ1) is 17.4. The second kappa shape index (κ2) is 7.62. The van der Waals surface area contributed by atoms with Gasteiger partial charge in [-0.05, 0) is 24.6 Å². The molecular weight excluding hydrogens is 328 g/mol. The lowest BCUT2D eigenvalue weighted by Gasteiger charge is -2.10. The van der Waals surface area contributed by atoms with E-state index in [2.05, 4.69) is 10.2 Å². The van der Waals surface area contributed by atoms with Crippen LogP contribution in [0.25, 0.3) is 11.4 Å². The lowest BCUT2D eigenvalue weighted by Crippen LogP contribution is -2.21. The van der Waals surface area contributed by atoms with Gasteiger partial charge < -0.3 is 9.30 Å². The van der Waals surface area contributed by atoms with Gasteiger partial charge in [0.1, 0.15) is 12.4 Å². The average Bonchev–Trinajstić information content (AvgIpc) is 3.03. The van der Waals surface area contributed by atoms with E-state index in [1.807, 2.05) is 61.5 Å². The Labute approximate surface area is 151 Å². The number of benzene rings is 2. The van der Waals surface area contributed by atoms with Crippen molar-refractivity contribution in [2.75, 3.05) is 6.61 Å². The van der Waals surface area contributed by atoms with Gasteiger partial charge in [-0.1, -0.05) is 42.5 Å². The van der Waals surface area contributed by atoms with E-state index in [-0.39, 0.29) is 12.4 Å². The van der Waals surface area contributed by atoms with Crippen molar-refractivity contribution in [1.29, 1.82) is 5.26 Å². The normalized spacial score (nSPS) is 11.6. The molecule has 130 valence electrons. The summed E-state index contributed by atoms with van der Waals surface area (Å²) in [6.07, 6.45) is 0. The summed E-state index contributed by atoms with van der Waals surface area (Å²) in [7, 11) is 1.75. The summed E-state index contributed by atoms with van der Waals surface area (Å²) in [5.74, 6) is 0.120. The van der Waals surface area contributed by atoms with Gasteiger partial charge in [0, 0.05) is 12.6 Å². The Morgan fingerprint density at radius 2 is 1.96 bits per heavy atom. The molecule has 3 aromatic rings. The van der Waals surface area contributed by atoms with Gasteiger partial charge in [0.2, 0.25) is 0 Å². The fourth-order valence-corrected chi connectivity index (χ4v) is 2.65. The Morgan fingerprint density at radius 3 is 2.65 bits per heavy atom. The van der Waals surface area contributed by atoms with Gasteiger partial charge in [-0.25, -0.2) is 0 Å². The first-order valence-corrected chi connectivity index (χ1v) is 8.16. The molecule has 1 aromatic heterocycles. The van der Waals surface area contributed by atoms with Crippen LogP contribution in [-0.4, -0.2) is 27.2 Å². The fourth-order valence-electron chi connectivity index (χ4n) is 2.65. The molecule has 0 spiro atoms. The minimum atomic E-state index is -1.03. The van der Waals surface area contributed by atoms with E-state index in [0.29, 0.717) is 17.4 Å². The Morgan fingerprint density at radius 1 is 1.19 bits per heavy atom. The van der Waals surface area contributed by atoms with Crippen LogP contribution in [0.1, 0.15) is 17.3 Å². The zero-order valence-electron chi connectivity index (χ0n) is 14.6. The number of ether oxygens (including phenoxy) is 1. The summed E-state index contributed by atoms with van der Waals surface area (Å²) < 4.78 is 7.20. The molecule has 0 fully saturated rings. The first-order valence-electron chi connectivity index (χ1n) is 8.16. The van der Waals surface area contributed by atoms with Crippen molar-refractivity contribution >= 4 is 5.78 Å². The van der Waals surface area contributed by atoms with Crippen LogP contribution in [0.3, 0.4) is 0 Å². The van der Waals surface area contributed by atoms with Crippen molar-refractivity contribution < 1.29 is 9.53 Å². The van der Waals surface area contributed by atoms with E-state index in [1.54, 1.807) is 17.7 Å². The molecule has 0 radical (unpaired) electrons. The van der Waals surface area contributed by atoms with Crippen LogP contribution in [0.5, 0.6) is 5.75 Å². The van der Waals surface area contributed by atoms with Gasteiger partial charge >= 0.3 is 0 Å². The quantitative estimate of drug-likeness (QED) is 0.685. The van der Waals surface area contributed by atoms with Gasteiger partial charge in [0.15, 0.2) is 23.3 Å². The third-order valence-electron chi connectivity index (χ3n) is 4.02. The smallest absolute Gasteiger partial charge is 0.195 e. The molecule has 0 saturated heterocycles. The number of rotatable bonds is 6. The highest BCUT2D eigenvalue weighted by Crippen LogP contribution is 2.22. The van der Waals surface area contributed by atoms with Gasteiger partial charge in [-0.3, -0.25) is 4.79 Å². The van der Waals surface area contributed by atoms with Crippen molar-refractivity contribution in [3.63, 3.8) is 0 Å². The number of aryl methyl sites for hydroxylation is 1. The number of hydrogen-bond acceptors (Lipinski definition) is 5. The van der Waals surface area contributed by atoms with E-state index < -0.39 is 5.92 Å². The number of nitrogens with zero attached hydrogens (tertiary/aromatic N) is 4. The molecule has 0 N–H and O–H groups in total. The lowest BCUT2D eigenvalue weighted by molar-refractivity contribution is -0.121. The monoisotopic (exact) mass is 346 g/mol. The maximum atomic E-state index is 12.5. The third-order valence-corrected chi connectivity index (χ3v) is 4.02. The Balaban J connectivity index is 1.78. The number of nitriles is 1. The lowest BCUT2D eigenvalue weighted by atomic mass is 10.1. The van der Waals surface area contributed by atoms with Gasteiger partial charge in [0.05, 0.1) is 6.07 Å². The predicted octanol–water partition coefficient (Wildman–Crippen LogP) is 3.05. The van der Waals surface area contributed by atoms with Crippen LogP contribution in [-0.2, 0) is 11.8 Å². The summed E-state index contributed by atoms with van der Waals surface area (Å²) >= 11 is 0. The van der Waals surface area contributed by atoms with E-state index in [4.69, 9.17) is 4.74 Å². The summed E-state index contributed by atoms with van der Waals surface area (Å²) in [5.41, 5.74) is 1.90. The van der Waals surface area contributed by atoms with Crippen molar-refractivity contribution in [1.82, 2.24) is 14.8 Å². The van der Waals surface area contributed by atoms with E-state index in [0.717, 1.165) is 11.1 Å². The second-order valence-electron chi connectivity index (χ2n) is 5.94. The molecule has 3 rings (SSSR count). The van der Waals surface area contributed by atoms with Gasteiger partial charge in [-0.15, -0.1) is 10.2 Å². The summed E-state index contributed by atoms with van der Waals surface area (Å²) in [6.45, 7) is 1.74. The number of aromatic nitrogens is 3. The molecule has 0 bridgehead atoms. The predicted molar refractivity (Wildman–Crippen MR) is 96.5 cm³/mol. The number of ketones is 1. The standard InChI is InChI=1S/C20H18N4O2/c1-14-7-6-10-16(11-14)26-13-18(25)17(12-21)20-23-22-19(24(20)2)15-8-4-3-5-9-15/h3-11,17H,13H2,1-2H3. The van der Waals surface area contributed by atoms with Crippen molar-refractivity contribution in [3.8, 4) is 23.2 Å². The van der Waals surface area contributed by atoms with E-state index in [1.165, 1.54) is 0 Å². The molecule has 0 aliphatic heterocycles. The molecule has 26 heavy (non-hydrogen) atoms. The summed E-state index contributed by atoms with van der Waals surface area (Å²) in [5, 5.41) is 17.7. The van der Waals surface area contributed by atoms with Crippen LogP contribution in [0.2, 0.25) is 0 Å². The van der Waals surface area contributed by atoms with Gasteiger partial charge in [0.25, 0.3) is 0 Å². The van der Waals surface area contributed by atoms with Gasteiger partial charge in [-0.2, -0.15) is 5.26 Å². The van der Waals surface area contributed by atoms with Crippen LogP contribution in [0, 0.1) is 18.3 Å². The highest BCUT2D eigenvalue weighted by Gasteiger charge is 2.27. The number of Topliss-reactive ketones (excluding diaryl/α,β-unsaturated/α-hetero) is 1. The number of carbonyl (C=O) groups is 1. The molecular formula is C20H18N4O2. The van der Waals surface area contributed by atoms with E-state index in [9.17, 15) is 10.1 Å². The Hall–Kier alpha value is -3.46. The highest BCUT2D eigenvalue weighted by molar-refractivity contribution is 5.89. The van der Waals surface area contributed by atoms with Crippen LogP contribution in [0.15, 0.2) is 54.6 Å². The zero-order valence-corrected chi connectivity index (χ0v) is 14.6. The van der Waals surface area contributed by atoms with Crippen LogP contribution in [0.4, 0.5) is 0 Å². The SMILES string of the molecule is Cc1cccc(OCC(=O)C(C#N)c2nnc(-c3ccccc3)n2C)c1. The van der Waals surface area contributed by atoms with E-state index >= 15 is 0 Å². The molecule has 1 atom stereocenters. The summed E-state index contributed by atoms with van der Waals surface area (Å²) in [4.78, 5) is 12.5. The first-order chi connectivity index (χ1) is 12.6. The minimum Gasteiger partial charge on any atom is -0.486 e. The molecule has 0 aliphatic carbocycles. The molecule has 1 heterocycles. The second-order valence-corrected chi connectivity index (χ2v) is 5.94. The van der Waals surface area contributed by atoms with Crippen molar-refractivity contribution in [2.24, 2.45) is 7.05 Å². The number of carbonyl (C=O) groups excluding carboxylic acids is 1. The molecule has 6 nitrogen and oxygen atoms in total. The average molecular weight is 346 g/mol. The molecule has 0 aliphatic rings. The topological polar surface area (TPSA) is 80.8 Å². The van der Waals surface area contributed by atoms with Crippen LogP contribution >= 0.6 is 0 Å². The maximum absolute atomic E-state index is 12.5. The molecule has 1 unspecified atom stereocenters. The fraction of sp³-hybridized carbons (Fsp3) is 0.200. The molecule has 2 aromatic carbocycles. The Kier molecular flexibility index (Phi) is 5.09. The highest BCUT2D eigenvalue weighted by atomic mass is 16.5. The van der Waals surface area contributed by atoms with Crippen LogP contribution < -0.4 is 4.74 Å². The molecule has 0 amide bonds. The zero-order chi connectivity index (χ0) is 18.5. The maximum Gasteiger partial charge on any atom is 0.195 e. The Bertz CT molecular complexity index is 957.